The zero-order chi connectivity index (χ0) is 17.2. The molecule has 1 N–H and O–H groups in total. The molecule has 1 aromatic heterocycles. The summed E-state index contributed by atoms with van der Waals surface area (Å²) in [4.78, 5) is 0. The predicted molar refractivity (Wildman–Crippen MR) is 96.0 cm³/mol. The normalized spacial score (nSPS) is 23.3. The van der Waals surface area contributed by atoms with E-state index in [9.17, 15) is 8.42 Å². The van der Waals surface area contributed by atoms with Crippen molar-refractivity contribution in [2.75, 3.05) is 17.9 Å². The summed E-state index contributed by atoms with van der Waals surface area (Å²) in [5.74, 6) is 1.01. The van der Waals surface area contributed by atoms with Crippen LogP contribution in [0.25, 0.3) is 11.3 Å². The highest BCUT2D eigenvalue weighted by molar-refractivity contribution is 9.10. The third-order valence-corrected chi connectivity index (χ3v) is 7.74. The van der Waals surface area contributed by atoms with E-state index in [1.54, 1.807) is 0 Å². The van der Waals surface area contributed by atoms with E-state index in [1.165, 1.54) is 5.56 Å². The lowest BCUT2D eigenvalue weighted by atomic mass is 9.79. The molecule has 1 unspecified atom stereocenters. The third-order valence-electron chi connectivity index (χ3n) is 5.52. The van der Waals surface area contributed by atoms with Gasteiger partial charge in [0.25, 0.3) is 0 Å². The van der Waals surface area contributed by atoms with Crippen LogP contribution in [0, 0.1) is 0 Å². The summed E-state index contributed by atoms with van der Waals surface area (Å²) in [5, 5.41) is 3.53. The van der Waals surface area contributed by atoms with Crippen LogP contribution in [-0.4, -0.2) is 32.0 Å². The molecule has 132 valence electrons. The Kier molecular flexibility index (Phi) is 3.37. The Hall–Kier alpha value is -1.38. The lowest BCUT2D eigenvalue weighted by Gasteiger charge is -2.24. The molecule has 1 saturated heterocycles. The van der Waals surface area contributed by atoms with E-state index >= 15 is 0 Å². The minimum atomic E-state index is -3.53. The Morgan fingerprint density at radius 2 is 2.16 bits per heavy atom. The van der Waals surface area contributed by atoms with Crippen LogP contribution in [0.1, 0.15) is 30.4 Å². The zero-order valence-electron chi connectivity index (χ0n) is 13.4. The molecule has 2 aliphatic carbocycles. The van der Waals surface area contributed by atoms with Gasteiger partial charge in [0.05, 0.1) is 6.61 Å². The van der Waals surface area contributed by atoms with E-state index < -0.39 is 15.3 Å². The molecule has 2 aromatic rings. The standard InChI is InChI=1S/C17H17BrN2O4S/c18-10-1-2-14-12(7-10)15-13(8-17(14)4-5-17)16(19-24-15)20-25(21,22)11-3-6-23-9-11/h1-2,7,11H,3-6,8-9H2,(H,19,20). The van der Waals surface area contributed by atoms with Gasteiger partial charge in [-0.3, -0.25) is 4.72 Å². The molecular formula is C17H17BrN2O4S. The molecule has 1 saturated carbocycles. The van der Waals surface area contributed by atoms with Crippen molar-refractivity contribution >= 4 is 31.8 Å². The van der Waals surface area contributed by atoms with E-state index in [0.29, 0.717) is 24.6 Å². The summed E-state index contributed by atoms with van der Waals surface area (Å²) in [6, 6.07) is 6.21. The van der Waals surface area contributed by atoms with Gasteiger partial charge >= 0.3 is 0 Å². The first-order valence-electron chi connectivity index (χ1n) is 8.37. The fraction of sp³-hybridized carbons (Fsp3) is 0.471. The van der Waals surface area contributed by atoms with Gasteiger partial charge in [-0.15, -0.1) is 0 Å². The predicted octanol–water partition coefficient (Wildman–Crippen LogP) is 3.22. The minimum Gasteiger partial charge on any atom is -0.380 e. The van der Waals surface area contributed by atoms with Gasteiger partial charge in [-0.05, 0) is 43.4 Å². The average Bonchev–Trinajstić information content (AvgIpc) is 2.99. The van der Waals surface area contributed by atoms with Crippen LogP contribution >= 0.6 is 15.9 Å². The molecule has 2 fully saturated rings. The molecule has 5 rings (SSSR count). The Labute approximate surface area is 154 Å². The number of hydrogen-bond donors (Lipinski definition) is 1. The highest BCUT2D eigenvalue weighted by atomic mass is 79.9. The first-order valence-corrected chi connectivity index (χ1v) is 10.7. The number of rotatable bonds is 3. The van der Waals surface area contributed by atoms with Crippen molar-refractivity contribution in [3.8, 4) is 11.3 Å². The van der Waals surface area contributed by atoms with Crippen LogP contribution in [0.3, 0.4) is 0 Å². The van der Waals surface area contributed by atoms with Crippen LogP contribution < -0.4 is 4.72 Å². The maximum absolute atomic E-state index is 12.6. The Morgan fingerprint density at radius 1 is 1.32 bits per heavy atom. The van der Waals surface area contributed by atoms with Gasteiger partial charge in [0.15, 0.2) is 11.6 Å². The van der Waals surface area contributed by atoms with Gasteiger partial charge in [0.2, 0.25) is 10.0 Å². The van der Waals surface area contributed by atoms with Gasteiger partial charge in [0, 0.05) is 27.6 Å². The molecule has 25 heavy (non-hydrogen) atoms. The number of fused-ring (bicyclic) bond motifs is 4. The molecule has 1 atom stereocenters. The number of aromatic nitrogens is 1. The number of nitrogens with zero attached hydrogens (tertiary/aromatic N) is 1. The van der Waals surface area contributed by atoms with Crippen molar-refractivity contribution in [2.24, 2.45) is 0 Å². The molecule has 8 heteroatoms. The molecule has 1 aliphatic heterocycles. The quantitative estimate of drug-likeness (QED) is 0.817. The summed E-state index contributed by atoms with van der Waals surface area (Å²) in [7, 11) is -3.53. The Bertz CT molecular complexity index is 959. The number of halogens is 1. The molecule has 1 spiro atoms. The van der Waals surface area contributed by atoms with Crippen LogP contribution in [0.2, 0.25) is 0 Å². The number of benzene rings is 1. The summed E-state index contributed by atoms with van der Waals surface area (Å²) in [5.41, 5.74) is 3.25. The van der Waals surface area contributed by atoms with Gasteiger partial charge in [0.1, 0.15) is 5.25 Å². The van der Waals surface area contributed by atoms with E-state index in [4.69, 9.17) is 9.26 Å². The van der Waals surface area contributed by atoms with Gasteiger partial charge in [-0.25, -0.2) is 8.42 Å². The first-order chi connectivity index (χ1) is 12.0. The number of nitrogens with one attached hydrogen (secondary N) is 1. The highest BCUT2D eigenvalue weighted by Gasteiger charge is 2.50. The van der Waals surface area contributed by atoms with Gasteiger partial charge < -0.3 is 9.26 Å². The number of sulfonamides is 1. The SMILES string of the molecule is O=S(=O)(Nc1noc2c1CC1(CC1)c1ccc(Br)cc1-2)C1CCOC1. The zero-order valence-corrected chi connectivity index (χ0v) is 15.8. The second kappa shape index (κ2) is 5.31. The summed E-state index contributed by atoms with van der Waals surface area (Å²) in [6.07, 6.45) is 3.48. The lowest BCUT2D eigenvalue weighted by molar-refractivity contribution is 0.198. The van der Waals surface area contributed by atoms with Crippen molar-refractivity contribution in [3.63, 3.8) is 0 Å². The Balaban J connectivity index is 1.56. The highest BCUT2D eigenvalue weighted by Crippen LogP contribution is 2.58. The molecular weight excluding hydrogens is 408 g/mol. The fourth-order valence-electron chi connectivity index (χ4n) is 3.94. The summed E-state index contributed by atoms with van der Waals surface area (Å²) < 4.78 is 39.6. The van der Waals surface area contributed by atoms with Crippen molar-refractivity contribution in [2.45, 2.75) is 36.3 Å². The van der Waals surface area contributed by atoms with E-state index in [1.807, 2.05) is 12.1 Å². The fourth-order valence-corrected chi connectivity index (χ4v) is 5.58. The number of hydrogen-bond acceptors (Lipinski definition) is 5. The Morgan fingerprint density at radius 3 is 2.88 bits per heavy atom. The maximum Gasteiger partial charge on any atom is 0.239 e. The van der Waals surface area contributed by atoms with Crippen molar-refractivity contribution in [1.82, 2.24) is 5.16 Å². The largest absolute Gasteiger partial charge is 0.380 e. The monoisotopic (exact) mass is 424 g/mol. The van der Waals surface area contributed by atoms with E-state index in [-0.39, 0.29) is 12.0 Å². The van der Waals surface area contributed by atoms with Gasteiger partial charge in [-0.2, -0.15) is 0 Å². The third kappa shape index (κ3) is 2.45. The maximum atomic E-state index is 12.6. The molecule has 1 aromatic carbocycles. The lowest BCUT2D eigenvalue weighted by Crippen LogP contribution is -2.29. The van der Waals surface area contributed by atoms with E-state index in [0.717, 1.165) is 34.9 Å². The molecule has 6 nitrogen and oxygen atoms in total. The summed E-state index contributed by atoms with van der Waals surface area (Å²) >= 11 is 3.51. The van der Waals surface area contributed by atoms with Crippen molar-refractivity contribution in [3.05, 3.63) is 33.8 Å². The van der Waals surface area contributed by atoms with Crippen LogP contribution in [-0.2, 0) is 26.6 Å². The topological polar surface area (TPSA) is 81.4 Å². The van der Waals surface area contributed by atoms with Crippen LogP contribution in [0.15, 0.2) is 27.2 Å². The minimum absolute atomic E-state index is 0.102. The molecule has 0 radical (unpaired) electrons. The van der Waals surface area contributed by atoms with Crippen LogP contribution in [0.5, 0.6) is 0 Å². The van der Waals surface area contributed by atoms with E-state index in [2.05, 4.69) is 31.9 Å². The average molecular weight is 425 g/mol. The second-order valence-corrected chi connectivity index (χ2v) is 10.00. The summed E-state index contributed by atoms with van der Waals surface area (Å²) in [6.45, 7) is 0.710. The second-order valence-electron chi connectivity index (χ2n) is 7.12. The van der Waals surface area contributed by atoms with Crippen molar-refractivity contribution < 1.29 is 17.7 Å². The first kappa shape index (κ1) is 15.8. The van der Waals surface area contributed by atoms with Gasteiger partial charge in [-0.1, -0.05) is 27.2 Å². The molecule has 0 bridgehead atoms. The van der Waals surface area contributed by atoms with Crippen molar-refractivity contribution in [1.29, 1.82) is 0 Å². The number of anilines is 1. The molecule has 3 aliphatic rings. The molecule has 0 amide bonds. The smallest absolute Gasteiger partial charge is 0.239 e. The van der Waals surface area contributed by atoms with Crippen LogP contribution in [0.4, 0.5) is 5.82 Å². The molecule has 2 heterocycles. The number of ether oxygens (including phenoxy) is 1.